The molecule has 0 fully saturated rings. The summed E-state index contributed by atoms with van der Waals surface area (Å²) in [6.45, 7) is 4.12. The van der Waals surface area contributed by atoms with E-state index in [1.165, 1.54) is 18.4 Å². The normalized spacial score (nSPS) is 10.5. The Bertz CT molecular complexity index is 638. The summed E-state index contributed by atoms with van der Waals surface area (Å²) in [4.78, 5) is 16.7. The van der Waals surface area contributed by atoms with Crippen LogP contribution >= 0.6 is 11.3 Å². The number of rotatable bonds is 5. The van der Waals surface area contributed by atoms with Crippen molar-refractivity contribution in [3.63, 3.8) is 0 Å². The molecule has 21 heavy (non-hydrogen) atoms. The number of carbonyl (C=O) groups excluding carboxylic acids is 1. The number of benzene rings is 1. The summed E-state index contributed by atoms with van der Waals surface area (Å²) in [5.74, 6) is 1.16. The Balaban J connectivity index is 2.22. The van der Waals surface area contributed by atoms with Crippen LogP contribution in [-0.4, -0.2) is 25.1 Å². The van der Waals surface area contributed by atoms with Gasteiger partial charge in [0.1, 0.15) is 11.5 Å². The molecule has 0 aliphatic carbocycles. The van der Waals surface area contributed by atoms with Crippen LogP contribution in [0.1, 0.15) is 35.8 Å². The van der Waals surface area contributed by atoms with Crippen molar-refractivity contribution in [2.75, 3.05) is 19.5 Å². The van der Waals surface area contributed by atoms with E-state index in [0.717, 1.165) is 5.69 Å². The third-order valence-corrected chi connectivity index (χ3v) is 3.76. The number of amides is 1. The van der Waals surface area contributed by atoms with Gasteiger partial charge in [0.2, 0.25) is 0 Å². The number of hydrogen-bond donors (Lipinski definition) is 1. The molecule has 0 aliphatic heterocycles. The van der Waals surface area contributed by atoms with Gasteiger partial charge >= 0.3 is 0 Å². The van der Waals surface area contributed by atoms with Crippen molar-refractivity contribution >= 4 is 22.4 Å². The molecule has 5 nitrogen and oxygen atoms in total. The Morgan fingerprint density at radius 2 is 2.05 bits per heavy atom. The molecule has 1 amide bonds. The molecule has 1 aromatic heterocycles. The van der Waals surface area contributed by atoms with Crippen LogP contribution in [0, 0.1) is 0 Å². The predicted molar refractivity (Wildman–Crippen MR) is 83.7 cm³/mol. The molecule has 0 atom stereocenters. The summed E-state index contributed by atoms with van der Waals surface area (Å²) in [5.41, 5.74) is 1.38. The number of ether oxygens (including phenoxy) is 2. The number of aromatic nitrogens is 1. The molecule has 1 N–H and O–H groups in total. The first kappa shape index (κ1) is 15.3. The maximum Gasteiger partial charge on any atom is 0.261 e. The molecule has 1 heterocycles. The van der Waals surface area contributed by atoms with Crippen LogP contribution in [0.25, 0.3) is 0 Å². The molecule has 2 rings (SSSR count). The van der Waals surface area contributed by atoms with E-state index in [9.17, 15) is 4.79 Å². The molecular formula is C15H18N2O3S. The van der Waals surface area contributed by atoms with Crippen LogP contribution in [0.2, 0.25) is 0 Å². The van der Waals surface area contributed by atoms with Crippen LogP contribution in [0.15, 0.2) is 23.6 Å². The molecule has 112 valence electrons. The lowest BCUT2D eigenvalue weighted by molar-refractivity contribution is 0.102. The fourth-order valence-electron chi connectivity index (χ4n) is 1.76. The Kier molecular flexibility index (Phi) is 4.80. The predicted octanol–water partition coefficient (Wildman–Crippen LogP) is 3.54. The lowest BCUT2D eigenvalue weighted by Crippen LogP contribution is -2.13. The summed E-state index contributed by atoms with van der Waals surface area (Å²) < 4.78 is 10.4. The summed E-state index contributed by atoms with van der Waals surface area (Å²) >= 11 is 1.41. The zero-order chi connectivity index (χ0) is 15.4. The average molecular weight is 306 g/mol. The highest BCUT2D eigenvalue weighted by molar-refractivity contribution is 7.14. The van der Waals surface area contributed by atoms with Gasteiger partial charge in [-0.1, -0.05) is 13.8 Å². The molecule has 0 spiro atoms. The van der Waals surface area contributed by atoms with Gasteiger partial charge in [-0.2, -0.15) is 0 Å². The fraction of sp³-hybridized carbons (Fsp3) is 0.333. The molecule has 0 saturated carbocycles. The molecule has 2 aromatic rings. The lowest BCUT2D eigenvalue weighted by Gasteiger charge is -2.09. The molecule has 0 saturated heterocycles. The van der Waals surface area contributed by atoms with Gasteiger partial charge in [-0.15, -0.1) is 11.3 Å². The van der Waals surface area contributed by atoms with Crippen LogP contribution < -0.4 is 14.8 Å². The molecule has 0 bridgehead atoms. The maximum absolute atomic E-state index is 12.4. The Hall–Kier alpha value is -2.08. The van der Waals surface area contributed by atoms with Gasteiger partial charge in [-0.25, -0.2) is 4.98 Å². The van der Waals surface area contributed by atoms with E-state index in [1.54, 1.807) is 25.3 Å². The van der Waals surface area contributed by atoms with Crippen molar-refractivity contribution in [1.82, 2.24) is 4.98 Å². The minimum atomic E-state index is -0.268. The van der Waals surface area contributed by atoms with Crippen LogP contribution in [-0.2, 0) is 0 Å². The third-order valence-electron chi connectivity index (χ3n) is 2.99. The van der Waals surface area contributed by atoms with Crippen molar-refractivity contribution in [3.8, 4) is 11.5 Å². The summed E-state index contributed by atoms with van der Waals surface area (Å²) in [5, 5.41) is 5.32. The van der Waals surface area contributed by atoms with E-state index in [4.69, 9.17) is 9.47 Å². The highest BCUT2D eigenvalue weighted by Gasteiger charge is 2.15. The number of thiazole rings is 1. The van der Waals surface area contributed by atoms with E-state index < -0.39 is 0 Å². The van der Waals surface area contributed by atoms with Gasteiger partial charge < -0.3 is 9.47 Å². The number of anilines is 1. The smallest absolute Gasteiger partial charge is 0.261 e. The second kappa shape index (κ2) is 6.58. The SMILES string of the molecule is COc1ccc(OC)c(C(=O)Nc2nc(C(C)C)cs2)c1. The number of methoxy groups -OCH3 is 2. The topological polar surface area (TPSA) is 60.5 Å². The molecule has 0 aliphatic rings. The third kappa shape index (κ3) is 3.52. The highest BCUT2D eigenvalue weighted by atomic mass is 32.1. The first-order valence-electron chi connectivity index (χ1n) is 6.54. The Morgan fingerprint density at radius 1 is 1.29 bits per heavy atom. The van der Waals surface area contributed by atoms with E-state index >= 15 is 0 Å². The molecule has 0 radical (unpaired) electrons. The van der Waals surface area contributed by atoms with Gasteiger partial charge in [0.15, 0.2) is 5.13 Å². The van der Waals surface area contributed by atoms with Gasteiger partial charge in [0.05, 0.1) is 25.5 Å². The molecule has 1 aromatic carbocycles. The number of nitrogens with one attached hydrogen (secondary N) is 1. The maximum atomic E-state index is 12.4. The zero-order valence-corrected chi connectivity index (χ0v) is 13.3. The van der Waals surface area contributed by atoms with E-state index in [-0.39, 0.29) is 5.91 Å². The molecule has 6 heteroatoms. The zero-order valence-electron chi connectivity index (χ0n) is 12.5. The van der Waals surface area contributed by atoms with Gasteiger partial charge in [0, 0.05) is 5.38 Å². The number of hydrogen-bond acceptors (Lipinski definition) is 5. The highest BCUT2D eigenvalue weighted by Crippen LogP contribution is 2.26. The van der Waals surface area contributed by atoms with Crippen molar-refractivity contribution in [2.24, 2.45) is 0 Å². The van der Waals surface area contributed by atoms with E-state index in [0.29, 0.717) is 28.1 Å². The molecular weight excluding hydrogens is 288 g/mol. The first-order chi connectivity index (χ1) is 10.0. The monoisotopic (exact) mass is 306 g/mol. The number of nitrogens with zero attached hydrogens (tertiary/aromatic N) is 1. The lowest BCUT2D eigenvalue weighted by atomic mass is 10.1. The van der Waals surface area contributed by atoms with E-state index in [1.807, 2.05) is 5.38 Å². The fourth-order valence-corrected chi connectivity index (χ4v) is 2.63. The van der Waals surface area contributed by atoms with Gasteiger partial charge in [-0.3, -0.25) is 10.1 Å². The first-order valence-corrected chi connectivity index (χ1v) is 7.42. The van der Waals surface area contributed by atoms with Crippen LogP contribution in [0.4, 0.5) is 5.13 Å². The standard InChI is InChI=1S/C15H18N2O3S/c1-9(2)12-8-21-15(16-12)17-14(18)11-7-10(19-3)5-6-13(11)20-4/h5-9H,1-4H3,(H,16,17,18). The van der Waals surface area contributed by atoms with Gasteiger partial charge in [-0.05, 0) is 24.1 Å². The summed E-state index contributed by atoms with van der Waals surface area (Å²) in [7, 11) is 3.08. The van der Waals surface area contributed by atoms with Crippen molar-refractivity contribution < 1.29 is 14.3 Å². The minimum Gasteiger partial charge on any atom is -0.497 e. The van der Waals surface area contributed by atoms with Crippen molar-refractivity contribution in [3.05, 3.63) is 34.8 Å². The Morgan fingerprint density at radius 3 is 2.62 bits per heavy atom. The van der Waals surface area contributed by atoms with Crippen molar-refractivity contribution in [1.29, 1.82) is 0 Å². The van der Waals surface area contributed by atoms with Crippen LogP contribution in [0.5, 0.6) is 11.5 Å². The largest absolute Gasteiger partial charge is 0.497 e. The summed E-state index contributed by atoms with van der Waals surface area (Å²) in [6.07, 6.45) is 0. The summed E-state index contributed by atoms with van der Waals surface area (Å²) in [6, 6.07) is 5.09. The molecule has 0 unspecified atom stereocenters. The van der Waals surface area contributed by atoms with Crippen molar-refractivity contribution in [2.45, 2.75) is 19.8 Å². The van der Waals surface area contributed by atoms with E-state index in [2.05, 4.69) is 24.1 Å². The number of carbonyl (C=O) groups is 1. The average Bonchev–Trinajstić information content (AvgIpc) is 2.95. The quantitative estimate of drug-likeness (QED) is 0.918. The van der Waals surface area contributed by atoms with Gasteiger partial charge in [0.25, 0.3) is 5.91 Å². The minimum absolute atomic E-state index is 0.268. The second-order valence-corrected chi connectivity index (χ2v) is 5.61. The Labute approximate surface area is 127 Å². The second-order valence-electron chi connectivity index (χ2n) is 4.75. The van der Waals surface area contributed by atoms with Crippen LogP contribution in [0.3, 0.4) is 0 Å².